The summed E-state index contributed by atoms with van der Waals surface area (Å²) >= 11 is 0. The summed E-state index contributed by atoms with van der Waals surface area (Å²) in [6, 6.07) is 10.6. The highest BCUT2D eigenvalue weighted by atomic mass is 14.8. The van der Waals surface area contributed by atoms with E-state index in [0.717, 1.165) is 22.3 Å². The van der Waals surface area contributed by atoms with E-state index in [1.54, 1.807) is 0 Å². The molecule has 2 heteroatoms. The Bertz CT molecular complexity index is 781. The third kappa shape index (κ3) is 2.18. The van der Waals surface area contributed by atoms with E-state index in [2.05, 4.69) is 56.9 Å². The van der Waals surface area contributed by atoms with Crippen LogP contribution in [-0.2, 0) is 0 Å². The smallest absolute Gasteiger partial charge is 0.0894 e. The molecule has 0 aliphatic heterocycles. The Morgan fingerprint density at radius 2 is 1.50 bits per heavy atom. The molecule has 3 rings (SSSR count). The van der Waals surface area contributed by atoms with Crippen LogP contribution in [0, 0.1) is 27.7 Å². The van der Waals surface area contributed by atoms with Crippen molar-refractivity contribution in [2.45, 2.75) is 27.7 Å². The van der Waals surface area contributed by atoms with Crippen molar-refractivity contribution in [2.75, 3.05) is 0 Å². The zero-order chi connectivity index (χ0) is 14.3. The van der Waals surface area contributed by atoms with Gasteiger partial charge in [-0.15, -0.1) is 0 Å². The molecular weight excluding hydrogens is 244 g/mol. The Balaban J connectivity index is 2.17. The zero-order valence-corrected chi connectivity index (χ0v) is 12.4. The average Bonchev–Trinajstić information content (AvgIpc) is 2.43. The lowest BCUT2D eigenvalue weighted by Crippen LogP contribution is -1.92. The Labute approximate surface area is 119 Å². The molecule has 0 amide bonds. The molecule has 0 aliphatic rings. The predicted molar refractivity (Wildman–Crippen MR) is 83.9 cm³/mol. The normalized spacial score (nSPS) is 11.0. The van der Waals surface area contributed by atoms with Gasteiger partial charge in [0.25, 0.3) is 0 Å². The Hall–Kier alpha value is -2.22. The number of hydrogen-bond donors (Lipinski definition) is 0. The highest BCUT2D eigenvalue weighted by Gasteiger charge is 2.06. The van der Waals surface area contributed by atoms with E-state index in [1.807, 2.05) is 12.3 Å². The second-order valence-electron chi connectivity index (χ2n) is 5.48. The van der Waals surface area contributed by atoms with E-state index in [4.69, 9.17) is 4.98 Å². The molecule has 3 aromatic rings. The molecule has 100 valence electrons. The quantitative estimate of drug-likeness (QED) is 0.644. The van der Waals surface area contributed by atoms with Crippen molar-refractivity contribution < 1.29 is 0 Å². The van der Waals surface area contributed by atoms with Gasteiger partial charge in [0.2, 0.25) is 0 Å². The van der Waals surface area contributed by atoms with Crippen LogP contribution in [-0.4, -0.2) is 9.97 Å². The minimum atomic E-state index is 0.938. The van der Waals surface area contributed by atoms with Gasteiger partial charge in [-0.05, 0) is 74.2 Å². The largest absolute Gasteiger partial charge is 0.252 e. The third-order valence-electron chi connectivity index (χ3n) is 3.92. The Morgan fingerprint density at radius 3 is 2.20 bits per heavy atom. The highest BCUT2D eigenvalue weighted by Crippen LogP contribution is 2.24. The lowest BCUT2D eigenvalue weighted by Gasteiger charge is -2.09. The van der Waals surface area contributed by atoms with Crippen LogP contribution >= 0.6 is 0 Å². The number of fused-ring (bicyclic) bond motifs is 1. The molecule has 0 bridgehead atoms. The van der Waals surface area contributed by atoms with Crippen LogP contribution < -0.4 is 0 Å². The minimum Gasteiger partial charge on any atom is -0.252 e. The highest BCUT2D eigenvalue weighted by molar-refractivity contribution is 5.78. The SMILES string of the molecule is Cc1ccc2nc(-c3cc(C)c(C)c(C)c3)cnc2c1. The number of hydrogen-bond acceptors (Lipinski definition) is 2. The van der Waals surface area contributed by atoms with Gasteiger partial charge in [0.15, 0.2) is 0 Å². The van der Waals surface area contributed by atoms with Crippen LogP contribution in [0.25, 0.3) is 22.3 Å². The summed E-state index contributed by atoms with van der Waals surface area (Å²) in [4.78, 5) is 9.27. The molecule has 1 heterocycles. The first-order chi connectivity index (χ1) is 9.54. The second kappa shape index (κ2) is 4.71. The van der Waals surface area contributed by atoms with Crippen LogP contribution in [0.4, 0.5) is 0 Å². The van der Waals surface area contributed by atoms with Crippen molar-refractivity contribution in [3.63, 3.8) is 0 Å². The predicted octanol–water partition coefficient (Wildman–Crippen LogP) is 4.53. The first-order valence-corrected chi connectivity index (χ1v) is 6.86. The molecule has 0 aliphatic carbocycles. The summed E-state index contributed by atoms with van der Waals surface area (Å²) < 4.78 is 0. The number of nitrogens with zero attached hydrogens (tertiary/aromatic N) is 2. The van der Waals surface area contributed by atoms with Crippen LogP contribution in [0.15, 0.2) is 36.5 Å². The summed E-state index contributed by atoms with van der Waals surface area (Å²) in [6.07, 6.45) is 1.87. The van der Waals surface area contributed by atoms with Gasteiger partial charge in [-0.3, -0.25) is 4.98 Å². The molecule has 0 unspecified atom stereocenters. The average molecular weight is 262 g/mol. The molecule has 2 aromatic carbocycles. The maximum Gasteiger partial charge on any atom is 0.0894 e. The van der Waals surface area contributed by atoms with E-state index in [1.165, 1.54) is 22.3 Å². The summed E-state index contributed by atoms with van der Waals surface area (Å²) in [6.45, 7) is 8.51. The second-order valence-corrected chi connectivity index (χ2v) is 5.48. The van der Waals surface area contributed by atoms with Crippen LogP contribution in [0.2, 0.25) is 0 Å². The van der Waals surface area contributed by atoms with Gasteiger partial charge in [-0.25, -0.2) is 4.98 Å². The molecule has 0 fully saturated rings. The topological polar surface area (TPSA) is 25.8 Å². The van der Waals surface area contributed by atoms with Gasteiger partial charge >= 0.3 is 0 Å². The molecule has 1 aromatic heterocycles. The molecule has 0 saturated carbocycles. The maximum absolute atomic E-state index is 4.74. The van der Waals surface area contributed by atoms with Crippen molar-refractivity contribution >= 4 is 11.0 Å². The van der Waals surface area contributed by atoms with Crippen molar-refractivity contribution in [1.29, 1.82) is 0 Å². The van der Waals surface area contributed by atoms with Crippen LogP contribution in [0.1, 0.15) is 22.3 Å². The Kier molecular flexibility index (Phi) is 3.01. The molecule has 0 N–H and O–H groups in total. The molecule has 0 saturated heterocycles. The van der Waals surface area contributed by atoms with Gasteiger partial charge in [0.05, 0.1) is 22.9 Å². The van der Waals surface area contributed by atoms with E-state index in [9.17, 15) is 0 Å². The first kappa shape index (κ1) is 12.8. The number of aromatic nitrogens is 2. The van der Waals surface area contributed by atoms with Crippen molar-refractivity contribution in [1.82, 2.24) is 9.97 Å². The van der Waals surface area contributed by atoms with E-state index >= 15 is 0 Å². The number of benzene rings is 2. The van der Waals surface area contributed by atoms with Crippen molar-refractivity contribution in [3.8, 4) is 11.3 Å². The standard InChI is InChI=1S/C18H18N2/c1-11-5-6-16-17(7-11)19-10-18(20-16)15-8-12(2)14(4)13(3)9-15/h5-10H,1-4H3. The lowest BCUT2D eigenvalue weighted by atomic mass is 9.99. The summed E-state index contributed by atoms with van der Waals surface area (Å²) in [5, 5.41) is 0. The van der Waals surface area contributed by atoms with Gasteiger partial charge in [-0.1, -0.05) is 6.07 Å². The summed E-state index contributed by atoms with van der Waals surface area (Å²) in [5.74, 6) is 0. The third-order valence-corrected chi connectivity index (χ3v) is 3.92. The summed E-state index contributed by atoms with van der Waals surface area (Å²) in [7, 11) is 0. The fourth-order valence-corrected chi connectivity index (χ4v) is 2.44. The molecular formula is C18H18N2. The van der Waals surface area contributed by atoms with Gasteiger partial charge < -0.3 is 0 Å². The zero-order valence-electron chi connectivity index (χ0n) is 12.4. The van der Waals surface area contributed by atoms with Crippen molar-refractivity contribution in [2.24, 2.45) is 0 Å². The monoisotopic (exact) mass is 262 g/mol. The Morgan fingerprint density at radius 1 is 0.800 bits per heavy atom. The number of rotatable bonds is 1. The first-order valence-electron chi connectivity index (χ1n) is 6.86. The van der Waals surface area contributed by atoms with Gasteiger partial charge in [-0.2, -0.15) is 0 Å². The van der Waals surface area contributed by atoms with E-state index in [-0.39, 0.29) is 0 Å². The minimum absolute atomic E-state index is 0.938. The van der Waals surface area contributed by atoms with Gasteiger partial charge in [0, 0.05) is 5.56 Å². The molecule has 0 atom stereocenters. The molecule has 2 nitrogen and oxygen atoms in total. The maximum atomic E-state index is 4.74. The molecule has 0 spiro atoms. The molecule has 20 heavy (non-hydrogen) atoms. The van der Waals surface area contributed by atoms with Crippen molar-refractivity contribution in [3.05, 3.63) is 58.8 Å². The van der Waals surface area contributed by atoms with Crippen LogP contribution in [0.5, 0.6) is 0 Å². The van der Waals surface area contributed by atoms with E-state index in [0.29, 0.717) is 0 Å². The van der Waals surface area contributed by atoms with E-state index < -0.39 is 0 Å². The van der Waals surface area contributed by atoms with Gasteiger partial charge in [0.1, 0.15) is 0 Å². The van der Waals surface area contributed by atoms with Crippen LogP contribution in [0.3, 0.4) is 0 Å². The fraction of sp³-hybridized carbons (Fsp3) is 0.222. The number of aryl methyl sites for hydroxylation is 3. The molecule has 0 radical (unpaired) electrons. The fourth-order valence-electron chi connectivity index (χ4n) is 2.44. The summed E-state index contributed by atoms with van der Waals surface area (Å²) in [5.41, 5.74) is 9.13. The lowest BCUT2D eigenvalue weighted by molar-refractivity contribution is 1.24.